The second-order valence-electron chi connectivity index (χ2n) is 6.85. The number of benzene rings is 1. The third-order valence-electron chi connectivity index (χ3n) is 5.55. The van der Waals surface area contributed by atoms with Crippen molar-refractivity contribution in [3.05, 3.63) is 47.3 Å². The summed E-state index contributed by atoms with van der Waals surface area (Å²) >= 11 is 0. The summed E-state index contributed by atoms with van der Waals surface area (Å²) in [7, 11) is 0. The third kappa shape index (κ3) is 1.60. The lowest BCUT2D eigenvalue weighted by Crippen LogP contribution is -2.63. The van der Waals surface area contributed by atoms with Crippen LogP contribution in [0.2, 0.25) is 0 Å². The van der Waals surface area contributed by atoms with Crippen molar-refractivity contribution in [1.29, 1.82) is 0 Å². The number of hydrogen-bond acceptors (Lipinski definition) is 3. The lowest BCUT2D eigenvalue weighted by Gasteiger charge is -2.51. The smallest absolute Gasteiger partial charge is 0.162 e. The van der Waals surface area contributed by atoms with Gasteiger partial charge in [0.25, 0.3) is 0 Å². The van der Waals surface area contributed by atoms with Crippen LogP contribution >= 0.6 is 0 Å². The van der Waals surface area contributed by atoms with Crippen molar-refractivity contribution in [3.8, 4) is 0 Å². The third-order valence-corrected chi connectivity index (χ3v) is 5.55. The topological polar surface area (TPSA) is 18.5 Å². The van der Waals surface area contributed by atoms with E-state index in [1.54, 1.807) is 0 Å². The Morgan fingerprint density at radius 2 is 1.95 bits per heavy atom. The van der Waals surface area contributed by atoms with Crippen LogP contribution in [-0.2, 0) is 5.54 Å². The van der Waals surface area contributed by atoms with Gasteiger partial charge in [0.1, 0.15) is 0 Å². The lowest BCUT2D eigenvalue weighted by molar-refractivity contribution is 0.138. The number of allylic oxidation sites excluding steroid dienone is 1. The normalized spacial score (nSPS) is 23.9. The molecular weight excluding hydrogens is 270 g/mol. The number of nitrogens with one attached hydrogen (secondary N) is 1. The number of rotatable bonds is 3. The second-order valence-corrected chi connectivity index (χ2v) is 6.85. The molecule has 3 heterocycles. The van der Waals surface area contributed by atoms with Gasteiger partial charge in [-0.1, -0.05) is 38.1 Å². The van der Waals surface area contributed by atoms with Gasteiger partial charge < -0.3 is 9.80 Å². The highest BCUT2D eigenvalue weighted by Gasteiger charge is 2.47. The van der Waals surface area contributed by atoms with Gasteiger partial charge in [0, 0.05) is 17.8 Å². The summed E-state index contributed by atoms with van der Waals surface area (Å²) < 4.78 is 0. The van der Waals surface area contributed by atoms with E-state index in [0.717, 1.165) is 12.8 Å². The van der Waals surface area contributed by atoms with Gasteiger partial charge in [-0.05, 0) is 43.9 Å². The molecule has 0 amide bonds. The summed E-state index contributed by atoms with van der Waals surface area (Å²) in [5.74, 6) is 0. The van der Waals surface area contributed by atoms with E-state index >= 15 is 0 Å². The molecule has 0 fully saturated rings. The van der Waals surface area contributed by atoms with Crippen LogP contribution in [0.25, 0.3) is 6.08 Å². The zero-order valence-corrected chi connectivity index (χ0v) is 13.9. The minimum absolute atomic E-state index is 0.0636. The summed E-state index contributed by atoms with van der Waals surface area (Å²) in [4.78, 5) is 4.93. The Labute approximate surface area is 133 Å². The number of nitrogens with zero attached hydrogens (tertiary/aromatic N) is 2. The first-order chi connectivity index (χ1) is 10.6. The average molecular weight is 295 g/mol. The van der Waals surface area contributed by atoms with E-state index in [4.69, 9.17) is 0 Å². The van der Waals surface area contributed by atoms with E-state index in [1.807, 2.05) is 0 Å². The molecule has 1 aromatic carbocycles. The van der Waals surface area contributed by atoms with E-state index in [2.05, 4.69) is 79.4 Å². The number of anilines is 1. The fraction of sp³-hybridized carbons (Fsp3) is 0.474. The molecular formula is C19H25N3. The van der Waals surface area contributed by atoms with Crippen molar-refractivity contribution in [2.75, 3.05) is 4.90 Å². The molecule has 0 spiro atoms. The maximum atomic E-state index is 3.97. The molecule has 1 aromatic rings. The van der Waals surface area contributed by atoms with Crippen LogP contribution in [0.5, 0.6) is 0 Å². The Bertz CT molecular complexity index is 667. The SMILES string of the molecule is CCC1(CC)NC2N3C(=CN2C(C)C)C=Cc2cccc1c23. The van der Waals surface area contributed by atoms with E-state index in [1.165, 1.54) is 22.5 Å². The predicted octanol–water partition coefficient (Wildman–Crippen LogP) is 3.99. The molecule has 116 valence electrons. The van der Waals surface area contributed by atoms with Crippen LogP contribution in [0.4, 0.5) is 5.69 Å². The summed E-state index contributed by atoms with van der Waals surface area (Å²) in [6.45, 7) is 9.13. The van der Waals surface area contributed by atoms with Gasteiger partial charge in [0.15, 0.2) is 6.29 Å². The lowest BCUT2D eigenvalue weighted by atomic mass is 9.80. The highest BCUT2D eigenvalue weighted by molar-refractivity contribution is 5.82. The maximum absolute atomic E-state index is 3.97. The highest BCUT2D eigenvalue weighted by Crippen LogP contribution is 2.49. The van der Waals surface area contributed by atoms with E-state index in [0.29, 0.717) is 6.04 Å². The molecule has 1 unspecified atom stereocenters. The molecule has 3 nitrogen and oxygen atoms in total. The van der Waals surface area contributed by atoms with Crippen molar-refractivity contribution in [2.24, 2.45) is 0 Å². The Hall–Kier alpha value is -1.74. The van der Waals surface area contributed by atoms with Crippen LogP contribution in [0.1, 0.15) is 51.7 Å². The van der Waals surface area contributed by atoms with Crippen LogP contribution in [-0.4, -0.2) is 17.2 Å². The first-order valence-corrected chi connectivity index (χ1v) is 8.49. The predicted molar refractivity (Wildman–Crippen MR) is 92.2 cm³/mol. The summed E-state index contributed by atoms with van der Waals surface area (Å²) in [6, 6.07) is 7.22. The molecule has 0 aliphatic carbocycles. The monoisotopic (exact) mass is 295 g/mol. The molecule has 0 saturated carbocycles. The van der Waals surface area contributed by atoms with Gasteiger partial charge >= 0.3 is 0 Å². The first kappa shape index (κ1) is 13.9. The number of para-hydroxylation sites is 1. The Balaban J connectivity index is 1.96. The molecule has 1 atom stereocenters. The highest BCUT2D eigenvalue weighted by atomic mass is 15.5. The second kappa shape index (κ2) is 4.63. The standard InChI is InChI=1S/C19H25N3/c1-5-19(6-2)16-9-7-8-14-10-11-15-12-21(13(3)4)18(20-19)22(15)17(14)16/h7-13,18,20H,5-6H2,1-4H3. The van der Waals surface area contributed by atoms with Gasteiger partial charge in [-0.2, -0.15) is 0 Å². The van der Waals surface area contributed by atoms with Gasteiger partial charge in [-0.3, -0.25) is 5.32 Å². The van der Waals surface area contributed by atoms with Gasteiger partial charge in [0.05, 0.1) is 11.4 Å². The molecule has 3 aliphatic heterocycles. The van der Waals surface area contributed by atoms with E-state index < -0.39 is 0 Å². The van der Waals surface area contributed by atoms with Gasteiger partial charge in [-0.15, -0.1) is 0 Å². The molecule has 0 bridgehead atoms. The zero-order chi connectivity index (χ0) is 15.5. The fourth-order valence-electron chi connectivity index (χ4n) is 4.19. The molecule has 4 rings (SSSR count). The molecule has 0 aromatic heterocycles. The van der Waals surface area contributed by atoms with E-state index in [-0.39, 0.29) is 11.8 Å². The van der Waals surface area contributed by atoms with Crippen molar-refractivity contribution in [3.63, 3.8) is 0 Å². The van der Waals surface area contributed by atoms with Crippen LogP contribution in [0, 0.1) is 0 Å². The molecule has 3 aliphatic rings. The fourth-order valence-corrected chi connectivity index (χ4v) is 4.19. The van der Waals surface area contributed by atoms with Crippen molar-refractivity contribution >= 4 is 11.8 Å². The summed E-state index contributed by atoms with van der Waals surface area (Å²) in [5, 5.41) is 3.97. The minimum Gasteiger partial charge on any atom is -0.341 e. The average Bonchev–Trinajstić information content (AvgIpc) is 2.92. The Morgan fingerprint density at radius 1 is 1.18 bits per heavy atom. The van der Waals surface area contributed by atoms with Crippen molar-refractivity contribution < 1.29 is 0 Å². The summed E-state index contributed by atoms with van der Waals surface area (Å²) in [6.07, 6.45) is 9.26. The summed E-state index contributed by atoms with van der Waals surface area (Å²) in [5.41, 5.74) is 5.57. The van der Waals surface area contributed by atoms with Crippen molar-refractivity contribution in [1.82, 2.24) is 10.2 Å². The Kier molecular flexibility index (Phi) is 2.92. The molecule has 22 heavy (non-hydrogen) atoms. The van der Waals surface area contributed by atoms with Gasteiger partial charge in [-0.25, -0.2) is 0 Å². The van der Waals surface area contributed by atoms with Crippen LogP contribution in [0.3, 0.4) is 0 Å². The van der Waals surface area contributed by atoms with Crippen molar-refractivity contribution in [2.45, 2.75) is 58.4 Å². The molecule has 3 heteroatoms. The number of hydrogen-bond donors (Lipinski definition) is 1. The molecule has 0 radical (unpaired) electrons. The molecule has 1 N–H and O–H groups in total. The largest absolute Gasteiger partial charge is 0.341 e. The minimum atomic E-state index is 0.0636. The van der Waals surface area contributed by atoms with Crippen LogP contribution < -0.4 is 10.2 Å². The maximum Gasteiger partial charge on any atom is 0.162 e. The van der Waals surface area contributed by atoms with Gasteiger partial charge in [0.2, 0.25) is 0 Å². The first-order valence-electron chi connectivity index (χ1n) is 8.49. The zero-order valence-electron chi connectivity index (χ0n) is 13.9. The van der Waals surface area contributed by atoms with Crippen LogP contribution in [0.15, 0.2) is 36.2 Å². The van der Waals surface area contributed by atoms with E-state index in [9.17, 15) is 0 Å². The quantitative estimate of drug-likeness (QED) is 0.909. The Morgan fingerprint density at radius 3 is 2.64 bits per heavy atom. The molecule has 0 saturated heterocycles.